The Hall–Kier alpha value is -1.35. The van der Waals surface area contributed by atoms with E-state index in [1.165, 1.54) is 11.1 Å². The lowest BCUT2D eigenvalue weighted by Crippen LogP contribution is -2.29. The second-order valence-electron chi connectivity index (χ2n) is 5.08. The zero-order valence-corrected chi connectivity index (χ0v) is 11.1. The Labute approximate surface area is 109 Å². The zero-order valence-electron chi connectivity index (χ0n) is 11.1. The van der Waals surface area contributed by atoms with Gasteiger partial charge in [0, 0.05) is 13.1 Å². The fraction of sp³-hybridized carbons (Fsp3) is 0.533. The Morgan fingerprint density at radius 2 is 2.17 bits per heavy atom. The number of aryl methyl sites for hydroxylation is 1. The van der Waals surface area contributed by atoms with Crippen molar-refractivity contribution in [3.63, 3.8) is 0 Å². The van der Waals surface area contributed by atoms with Crippen LogP contribution in [-0.4, -0.2) is 18.6 Å². The number of ether oxygens (including phenoxy) is 1. The van der Waals surface area contributed by atoms with Gasteiger partial charge in [-0.1, -0.05) is 24.3 Å². The average Bonchev–Trinajstić information content (AvgIpc) is 3.15. The summed E-state index contributed by atoms with van der Waals surface area (Å²) in [6.45, 7) is 5.56. The molecule has 0 radical (unpaired) electrons. The van der Waals surface area contributed by atoms with Gasteiger partial charge in [-0.15, -0.1) is 0 Å². The van der Waals surface area contributed by atoms with Crippen LogP contribution in [0.3, 0.4) is 0 Å². The number of carbonyl (C=O) groups is 1. The Morgan fingerprint density at radius 3 is 2.83 bits per heavy atom. The van der Waals surface area contributed by atoms with E-state index < -0.39 is 0 Å². The first-order valence-corrected chi connectivity index (χ1v) is 6.62. The van der Waals surface area contributed by atoms with Crippen molar-refractivity contribution < 1.29 is 9.53 Å². The van der Waals surface area contributed by atoms with E-state index in [0.717, 1.165) is 19.4 Å². The molecule has 0 amide bonds. The van der Waals surface area contributed by atoms with Crippen molar-refractivity contribution in [2.75, 3.05) is 6.54 Å². The molecule has 98 valence electrons. The molecule has 1 atom stereocenters. The molecule has 1 N–H and O–H groups in total. The van der Waals surface area contributed by atoms with Crippen molar-refractivity contribution in [2.45, 2.75) is 39.3 Å². The van der Waals surface area contributed by atoms with E-state index in [-0.39, 0.29) is 18.0 Å². The van der Waals surface area contributed by atoms with Crippen LogP contribution in [-0.2, 0) is 16.1 Å². The maximum Gasteiger partial charge on any atom is 0.309 e. The number of esters is 1. The summed E-state index contributed by atoms with van der Waals surface area (Å²) >= 11 is 0. The molecule has 1 unspecified atom stereocenters. The Kier molecular flexibility index (Phi) is 4.37. The van der Waals surface area contributed by atoms with Crippen LogP contribution in [0.25, 0.3) is 0 Å². The first-order valence-electron chi connectivity index (χ1n) is 6.62. The third kappa shape index (κ3) is 3.84. The summed E-state index contributed by atoms with van der Waals surface area (Å²) in [4.78, 5) is 11.5. The highest BCUT2D eigenvalue weighted by molar-refractivity contribution is 5.75. The van der Waals surface area contributed by atoms with Crippen molar-refractivity contribution in [3.05, 3.63) is 35.4 Å². The van der Waals surface area contributed by atoms with Gasteiger partial charge in [-0.25, -0.2) is 0 Å². The van der Waals surface area contributed by atoms with Crippen LogP contribution in [0, 0.1) is 12.8 Å². The van der Waals surface area contributed by atoms with Gasteiger partial charge < -0.3 is 10.1 Å². The lowest BCUT2D eigenvalue weighted by atomic mass is 10.1. The van der Waals surface area contributed by atoms with Crippen molar-refractivity contribution >= 4 is 5.97 Å². The minimum Gasteiger partial charge on any atom is -0.461 e. The van der Waals surface area contributed by atoms with Crippen LogP contribution < -0.4 is 5.32 Å². The van der Waals surface area contributed by atoms with E-state index in [1.807, 2.05) is 19.1 Å². The predicted molar refractivity (Wildman–Crippen MR) is 71.2 cm³/mol. The summed E-state index contributed by atoms with van der Waals surface area (Å²) in [5.41, 5.74) is 2.57. The van der Waals surface area contributed by atoms with Crippen LogP contribution in [0.15, 0.2) is 24.3 Å². The molecule has 18 heavy (non-hydrogen) atoms. The number of hydrogen-bond acceptors (Lipinski definition) is 3. The van der Waals surface area contributed by atoms with E-state index in [0.29, 0.717) is 6.54 Å². The molecule has 0 heterocycles. The Balaban J connectivity index is 1.68. The summed E-state index contributed by atoms with van der Waals surface area (Å²) in [5.74, 6) is 0.156. The second-order valence-corrected chi connectivity index (χ2v) is 5.08. The normalized spacial score (nSPS) is 16.3. The fourth-order valence-electron chi connectivity index (χ4n) is 1.87. The highest BCUT2D eigenvalue weighted by atomic mass is 16.5. The number of hydrogen-bond donors (Lipinski definition) is 1. The molecule has 1 aliphatic carbocycles. The molecule has 1 aromatic carbocycles. The van der Waals surface area contributed by atoms with Crippen LogP contribution in [0.2, 0.25) is 0 Å². The van der Waals surface area contributed by atoms with Gasteiger partial charge in [0.15, 0.2) is 0 Å². The van der Waals surface area contributed by atoms with Gasteiger partial charge in [0.1, 0.15) is 6.10 Å². The standard InChI is InChI=1S/C15H21NO2/c1-11-5-3-4-6-14(11)10-16-9-12(2)18-15(17)13-7-8-13/h3-6,12-13,16H,7-10H2,1-2H3. The molecule has 0 aromatic heterocycles. The predicted octanol–water partition coefficient (Wildman–Crippen LogP) is 2.43. The molecule has 1 aromatic rings. The smallest absolute Gasteiger partial charge is 0.309 e. The van der Waals surface area contributed by atoms with E-state index in [2.05, 4.69) is 24.4 Å². The first-order chi connectivity index (χ1) is 8.66. The molecule has 1 saturated carbocycles. The Bertz CT molecular complexity index is 413. The van der Waals surface area contributed by atoms with Gasteiger partial charge in [0.2, 0.25) is 0 Å². The topological polar surface area (TPSA) is 38.3 Å². The van der Waals surface area contributed by atoms with Crippen LogP contribution in [0.5, 0.6) is 0 Å². The lowest BCUT2D eigenvalue weighted by Gasteiger charge is -2.14. The van der Waals surface area contributed by atoms with E-state index >= 15 is 0 Å². The van der Waals surface area contributed by atoms with Gasteiger partial charge in [0.25, 0.3) is 0 Å². The molecule has 2 rings (SSSR count). The molecule has 3 heteroatoms. The number of rotatable bonds is 6. The van der Waals surface area contributed by atoms with Crippen molar-refractivity contribution in [2.24, 2.45) is 5.92 Å². The maximum absolute atomic E-state index is 11.5. The summed E-state index contributed by atoms with van der Waals surface area (Å²) in [7, 11) is 0. The molecular weight excluding hydrogens is 226 g/mol. The highest BCUT2D eigenvalue weighted by Crippen LogP contribution is 2.30. The van der Waals surface area contributed by atoms with Gasteiger partial charge in [-0.2, -0.15) is 0 Å². The van der Waals surface area contributed by atoms with Gasteiger partial charge in [-0.05, 0) is 37.8 Å². The van der Waals surface area contributed by atoms with Gasteiger partial charge in [-0.3, -0.25) is 4.79 Å². The van der Waals surface area contributed by atoms with Crippen molar-refractivity contribution in [1.82, 2.24) is 5.32 Å². The quantitative estimate of drug-likeness (QED) is 0.785. The second kappa shape index (κ2) is 6.01. The third-order valence-corrected chi connectivity index (χ3v) is 3.24. The minimum absolute atomic E-state index is 0.0276. The molecule has 0 spiro atoms. The summed E-state index contributed by atoms with van der Waals surface area (Å²) in [6.07, 6.45) is 1.95. The molecule has 0 saturated heterocycles. The maximum atomic E-state index is 11.5. The average molecular weight is 247 g/mol. The molecule has 1 fully saturated rings. The number of carbonyl (C=O) groups excluding carboxylic acids is 1. The summed E-state index contributed by atoms with van der Waals surface area (Å²) in [5, 5.41) is 3.33. The Morgan fingerprint density at radius 1 is 1.44 bits per heavy atom. The fourth-order valence-corrected chi connectivity index (χ4v) is 1.87. The minimum atomic E-state index is -0.0536. The van der Waals surface area contributed by atoms with Crippen LogP contribution in [0.4, 0.5) is 0 Å². The summed E-state index contributed by atoms with van der Waals surface area (Å²) < 4.78 is 5.34. The van der Waals surface area contributed by atoms with Gasteiger partial charge >= 0.3 is 5.97 Å². The summed E-state index contributed by atoms with van der Waals surface area (Å²) in [6, 6.07) is 8.30. The van der Waals surface area contributed by atoms with E-state index in [1.54, 1.807) is 0 Å². The van der Waals surface area contributed by atoms with Gasteiger partial charge in [0.05, 0.1) is 5.92 Å². The number of benzene rings is 1. The SMILES string of the molecule is Cc1ccccc1CNCC(C)OC(=O)C1CC1. The van der Waals surface area contributed by atoms with Crippen LogP contribution in [0.1, 0.15) is 30.9 Å². The molecular formula is C15H21NO2. The largest absolute Gasteiger partial charge is 0.461 e. The molecule has 0 bridgehead atoms. The first kappa shape index (κ1) is 13.1. The molecule has 0 aliphatic heterocycles. The monoisotopic (exact) mass is 247 g/mol. The van der Waals surface area contributed by atoms with E-state index in [9.17, 15) is 4.79 Å². The molecule has 3 nitrogen and oxygen atoms in total. The van der Waals surface area contributed by atoms with Crippen molar-refractivity contribution in [1.29, 1.82) is 0 Å². The molecule has 1 aliphatic rings. The highest BCUT2D eigenvalue weighted by Gasteiger charge is 2.32. The lowest BCUT2D eigenvalue weighted by molar-refractivity contribution is -0.149. The van der Waals surface area contributed by atoms with Crippen molar-refractivity contribution in [3.8, 4) is 0 Å². The third-order valence-electron chi connectivity index (χ3n) is 3.24. The zero-order chi connectivity index (χ0) is 13.0. The number of nitrogens with one attached hydrogen (secondary N) is 1. The van der Waals surface area contributed by atoms with Crippen LogP contribution >= 0.6 is 0 Å². The van der Waals surface area contributed by atoms with E-state index in [4.69, 9.17) is 4.74 Å².